The van der Waals surface area contributed by atoms with E-state index < -0.39 is 16.4 Å². The molecule has 0 atom stereocenters. The number of para-hydroxylation sites is 1. The van der Waals surface area contributed by atoms with Crippen LogP contribution >= 0.6 is 11.3 Å². The molecule has 0 spiro atoms. The SMILES string of the molecule is Cc1c(-c2ccc(N3CCc4cccc(C(=O)Nc5nc6ccccc6s5)c4C3)nc2C(=O)N=S(=O)=O)cc(C#N)n1CC12CC3CC(CC(C3)C1)C2. The summed E-state index contributed by atoms with van der Waals surface area (Å²) >= 11 is 1.41. The van der Waals surface area contributed by atoms with E-state index in [1.807, 2.05) is 54.3 Å². The standard InChI is InChI=1S/C40H37N7O4S2/c1-23-31(16-28(20-41)47(23)22-40-17-24-13-25(18-40)15-26(14-24)19-40)29-9-10-35(43-36(29)38(49)45-53(50)51)46-12-11-27-5-4-6-30(32(27)21-46)37(48)44-39-42-33-7-2-3-8-34(33)52-39/h2-10,16,24-26H,11-15,17-19,21-22H2,1H3,(H,42,44,48). The third-order valence-corrected chi connectivity index (χ3v) is 13.3. The second-order valence-electron chi connectivity index (χ2n) is 15.4. The van der Waals surface area contributed by atoms with Crippen molar-refractivity contribution >= 4 is 54.8 Å². The van der Waals surface area contributed by atoms with Crippen molar-refractivity contribution in [1.82, 2.24) is 14.5 Å². The van der Waals surface area contributed by atoms with Gasteiger partial charge in [-0.2, -0.15) is 13.7 Å². The third-order valence-electron chi connectivity index (χ3n) is 12.0. The first-order chi connectivity index (χ1) is 25.6. The number of pyridine rings is 1. The van der Waals surface area contributed by atoms with Crippen LogP contribution in [0.3, 0.4) is 0 Å². The number of carbonyl (C=O) groups is 2. The van der Waals surface area contributed by atoms with E-state index in [2.05, 4.69) is 25.3 Å². The predicted molar refractivity (Wildman–Crippen MR) is 202 cm³/mol. The van der Waals surface area contributed by atoms with E-state index in [0.717, 1.165) is 51.3 Å². The lowest BCUT2D eigenvalue weighted by Gasteiger charge is -2.57. The summed E-state index contributed by atoms with van der Waals surface area (Å²) in [4.78, 5) is 38.4. The topological polar surface area (TPSA) is 150 Å². The van der Waals surface area contributed by atoms with Crippen LogP contribution in [0, 0.1) is 41.4 Å². The predicted octanol–water partition coefficient (Wildman–Crippen LogP) is 7.57. The van der Waals surface area contributed by atoms with E-state index in [-0.39, 0.29) is 17.0 Å². The molecule has 4 saturated carbocycles. The van der Waals surface area contributed by atoms with Gasteiger partial charge in [0, 0.05) is 42.0 Å². The molecule has 13 heteroatoms. The van der Waals surface area contributed by atoms with Crippen LogP contribution in [-0.2, 0) is 30.0 Å². The fourth-order valence-corrected chi connectivity index (χ4v) is 11.3. The lowest BCUT2D eigenvalue weighted by Crippen LogP contribution is -2.48. The highest BCUT2D eigenvalue weighted by atomic mass is 32.2. The molecule has 1 N–H and O–H groups in total. The average Bonchev–Trinajstić information content (AvgIpc) is 3.69. The molecule has 5 aromatic rings. The number of hydrogen-bond acceptors (Lipinski definition) is 9. The number of fused-ring (bicyclic) bond motifs is 2. The molecule has 4 bridgehead atoms. The van der Waals surface area contributed by atoms with Crippen LogP contribution in [0.2, 0.25) is 0 Å². The summed E-state index contributed by atoms with van der Waals surface area (Å²) in [6, 6.07) is 21.2. The van der Waals surface area contributed by atoms with Crippen molar-refractivity contribution in [3.05, 3.63) is 94.4 Å². The number of amides is 2. The Morgan fingerprint density at radius 1 is 1.00 bits per heavy atom. The lowest BCUT2D eigenvalue weighted by molar-refractivity contribution is -0.0621. The molecule has 4 aliphatic carbocycles. The van der Waals surface area contributed by atoms with Gasteiger partial charge in [-0.25, -0.2) is 9.97 Å². The molecule has 3 aromatic heterocycles. The molecular formula is C40H37N7O4S2. The molecule has 2 amide bonds. The van der Waals surface area contributed by atoms with Crippen molar-refractivity contribution in [1.29, 1.82) is 5.26 Å². The maximum absolute atomic E-state index is 13.6. The van der Waals surface area contributed by atoms with Crippen molar-refractivity contribution in [2.24, 2.45) is 27.5 Å². The van der Waals surface area contributed by atoms with E-state index in [1.165, 1.54) is 49.9 Å². The fraction of sp³-hybridized carbons (Fsp3) is 0.375. The highest BCUT2D eigenvalue weighted by Gasteiger charge is 2.51. The fourth-order valence-electron chi connectivity index (χ4n) is 10.2. The number of nitrogens with one attached hydrogen (secondary N) is 1. The first kappa shape index (κ1) is 33.6. The highest BCUT2D eigenvalue weighted by Crippen LogP contribution is 2.60. The highest BCUT2D eigenvalue weighted by molar-refractivity contribution is 7.62. The van der Waals surface area contributed by atoms with Gasteiger partial charge in [-0.3, -0.25) is 14.9 Å². The van der Waals surface area contributed by atoms with Crippen molar-refractivity contribution in [2.45, 2.75) is 65.0 Å². The molecule has 4 heterocycles. The van der Waals surface area contributed by atoms with E-state index in [4.69, 9.17) is 4.98 Å². The maximum Gasteiger partial charge on any atom is 0.319 e. The number of nitrogens with zero attached hydrogens (tertiary/aromatic N) is 6. The van der Waals surface area contributed by atoms with Crippen molar-refractivity contribution in [3.8, 4) is 17.2 Å². The summed E-state index contributed by atoms with van der Waals surface area (Å²) in [5, 5.41) is 13.8. The Balaban J connectivity index is 1.04. The molecule has 0 unspecified atom stereocenters. The van der Waals surface area contributed by atoms with Gasteiger partial charge in [0.05, 0.1) is 10.2 Å². The molecule has 0 radical (unpaired) electrons. The van der Waals surface area contributed by atoms with E-state index in [0.29, 0.717) is 52.8 Å². The van der Waals surface area contributed by atoms with E-state index in [9.17, 15) is 23.3 Å². The van der Waals surface area contributed by atoms with Gasteiger partial charge in [0.1, 0.15) is 23.3 Å². The van der Waals surface area contributed by atoms with Gasteiger partial charge in [0.15, 0.2) is 5.13 Å². The maximum atomic E-state index is 13.6. The number of hydrogen-bond donors (Lipinski definition) is 1. The van der Waals surface area contributed by atoms with Gasteiger partial charge in [0.2, 0.25) is 0 Å². The van der Waals surface area contributed by atoms with E-state index >= 15 is 0 Å². The monoisotopic (exact) mass is 743 g/mol. The minimum atomic E-state index is -2.98. The number of benzene rings is 2. The minimum Gasteiger partial charge on any atom is -0.352 e. The Kier molecular flexibility index (Phi) is 8.27. The molecule has 5 aliphatic rings. The summed E-state index contributed by atoms with van der Waals surface area (Å²) in [7, 11) is -2.98. The van der Waals surface area contributed by atoms with Crippen molar-refractivity contribution < 1.29 is 18.0 Å². The second-order valence-corrected chi connectivity index (χ2v) is 17.0. The quantitative estimate of drug-likeness (QED) is 0.179. The summed E-state index contributed by atoms with van der Waals surface area (Å²) in [6.45, 7) is 3.64. The van der Waals surface area contributed by atoms with Crippen LogP contribution in [0.4, 0.5) is 10.9 Å². The molecule has 11 nitrogen and oxygen atoms in total. The van der Waals surface area contributed by atoms with Crippen LogP contribution in [0.5, 0.6) is 0 Å². The second kappa shape index (κ2) is 13.0. The van der Waals surface area contributed by atoms with Crippen LogP contribution in [0.25, 0.3) is 21.3 Å². The molecule has 0 saturated heterocycles. The van der Waals surface area contributed by atoms with Gasteiger partial charge >= 0.3 is 16.4 Å². The number of rotatable bonds is 7. The lowest BCUT2D eigenvalue weighted by atomic mass is 9.49. The number of anilines is 2. The minimum absolute atomic E-state index is 0.0982. The Hall–Kier alpha value is -5.19. The zero-order chi connectivity index (χ0) is 36.4. The Morgan fingerprint density at radius 3 is 2.47 bits per heavy atom. The number of carbonyl (C=O) groups excluding carboxylic acids is 2. The van der Waals surface area contributed by atoms with Gasteiger partial charge in [0.25, 0.3) is 5.91 Å². The Labute approximate surface area is 312 Å². The summed E-state index contributed by atoms with van der Waals surface area (Å²) in [5.41, 5.74) is 5.77. The first-order valence-electron chi connectivity index (χ1n) is 18.1. The molecule has 268 valence electrons. The number of nitriles is 1. The van der Waals surface area contributed by atoms with Crippen LogP contribution < -0.4 is 10.2 Å². The first-order valence-corrected chi connectivity index (χ1v) is 20.0. The Morgan fingerprint density at radius 2 is 1.75 bits per heavy atom. The number of aromatic nitrogens is 3. The molecule has 4 fully saturated rings. The molecule has 10 rings (SSSR count). The molecule has 53 heavy (non-hydrogen) atoms. The molecule has 1 aliphatic heterocycles. The van der Waals surface area contributed by atoms with Gasteiger partial charge < -0.3 is 9.47 Å². The molecular weight excluding hydrogens is 707 g/mol. The normalized spacial score (nSPS) is 22.7. The molecule has 2 aromatic carbocycles. The van der Waals surface area contributed by atoms with Crippen molar-refractivity contribution in [3.63, 3.8) is 0 Å². The van der Waals surface area contributed by atoms with Crippen LogP contribution in [-0.4, -0.2) is 41.3 Å². The van der Waals surface area contributed by atoms with Gasteiger partial charge in [-0.05, 0) is 123 Å². The van der Waals surface area contributed by atoms with Gasteiger partial charge in [-0.1, -0.05) is 40.0 Å². The third kappa shape index (κ3) is 6.13. The van der Waals surface area contributed by atoms with Gasteiger partial charge in [-0.15, -0.1) is 0 Å². The van der Waals surface area contributed by atoms with E-state index in [1.54, 1.807) is 18.2 Å². The summed E-state index contributed by atoms with van der Waals surface area (Å²) in [6.07, 6.45) is 8.19. The van der Waals surface area contributed by atoms with Crippen LogP contribution in [0.1, 0.15) is 81.9 Å². The zero-order valence-electron chi connectivity index (χ0n) is 29.2. The summed E-state index contributed by atoms with van der Waals surface area (Å²) < 4.78 is 29.7. The van der Waals surface area contributed by atoms with Crippen molar-refractivity contribution in [2.75, 3.05) is 16.8 Å². The average molecular weight is 744 g/mol. The largest absolute Gasteiger partial charge is 0.352 e. The summed E-state index contributed by atoms with van der Waals surface area (Å²) in [5.74, 6) is 1.52. The number of thiazole rings is 1. The smallest absolute Gasteiger partial charge is 0.319 e. The Bertz CT molecular complexity index is 2450. The zero-order valence-corrected chi connectivity index (χ0v) is 30.8. The van der Waals surface area contributed by atoms with Crippen LogP contribution in [0.15, 0.2) is 65.0 Å².